The van der Waals surface area contributed by atoms with Crippen molar-refractivity contribution < 1.29 is 0 Å². The summed E-state index contributed by atoms with van der Waals surface area (Å²) in [5.74, 6) is 0.867. The van der Waals surface area contributed by atoms with Gasteiger partial charge in [0.25, 0.3) is 0 Å². The monoisotopic (exact) mass is 325 g/mol. The van der Waals surface area contributed by atoms with Crippen molar-refractivity contribution in [2.75, 3.05) is 0 Å². The highest BCUT2D eigenvalue weighted by Gasteiger charge is 2.35. The molecule has 0 aliphatic heterocycles. The van der Waals surface area contributed by atoms with Crippen LogP contribution < -0.4 is 0 Å². The molecule has 0 atom stereocenters. The summed E-state index contributed by atoms with van der Waals surface area (Å²) >= 11 is 5.26. The zero-order chi connectivity index (χ0) is 13.0. The van der Waals surface area contributed by atoms with Gasteiger partial charge in [0, 0.05) is 21.2 Å². The highest BCUT2D eigenvalue weighted by atomic mass is 79.9. The molecule has 0 amide bonds. The van der Waals surface area contributed by atoms with Gasteiger partial charge in [-0.05, 0) is 53.6 Å². The number of hydrogen-bond acceptors (Lipinski definition) is 2. The highest BCUT2D eigenvalue weighted by Crippen LogP contribution is 2.43. The van der Waals surface area contributed by atoms with Gasteiger partial charge in [0.1, 0.15) is 0 Å². The van der Waals surface area contributed by atoms with Crippen LogP contribution in [-0.2, 0) is 6.42 Å². The second-order valence-corrected chi connectivity index (χ2v) is 7.44. The Balaban J connectivity index is 1.99. The lowest BCUT2D eigenvalue weighted by molar-refractivity contribution is 0.201. The van der Waals surface area contributed by atoms with Crippen molar-refractivity contribution in [3.05, 3.63) is 20.8 Å². The third-order valence-electron chi connectivity index (χ3n) is 4.13. The molecule has 98 valence electrons. The number of nitrogens with zero attached hydrogens (tertiary/aromatic N) is 1. The normalized spacial score (nSPS) is 27.9. The van der Waals surface area contributed by atoms with E-state index in [4.69, 9.17) is 0 Å². The quantitative estimate of drug-likeness (QED) is 0.711. The van der Waals surface area contributed by atoms with E-state index in [1.54, 1.807) is 11.3 Å². The van der Waals surface area contributed by atoms with Crippen LogP contribution in [0.5, 0.6) is 0 Å². The van der Waals surface area contributed by atoms with Crippen molar-refractivity contribution in [3.8, 4) is 6.07 Å². The van der Waals surface area contributed by atoms with Crippen LogP contribution in [0.4, 0.5) is 0 Å². The fourth-order valence-electron chi connectivity index (χ4n) is 3.04. The van der Waals surface area contributed by atoms with Gasteiger partial charge >= 0.3 is 0 Å². The summed E-state index contributed by atoms with van der Waals surface area (Å²) < 4.78 is 1.15. The Morgan fingerprint density at radius 3 is 2.72 bits per heavy atom. The molecule has 0 radical (unpaired) electrons. The first-order valence-corrected chi connectivity index (χ1v) is 8.49. The van der Waals surface area contributed by atoms with Gasteiger partial charge in [0.2, 0.25) is 0 Å². The summed E-state index contributed by atoms with van der Waals surface area (Å²) in [5, 5.41) is 11.7. The van der Waals surface area contributed by atoms with Gasteiger partial charge in [-0.25, -0.2) is 0 Å². The van der Waals surface area contributed by atoms with Crippen molar-refractivity contribution >= 4 is 27.3 Å². The summed E-state index contributed by atoms with van der Waals surface area (Å²) in [5.41, 5.74) is -0.0888. The van der Waals surface area contributed by atoms with E-state index in [-0.39, 0.29) is 5.41 Å². The zero-order valence-electron chi connectivity index (χ0n) is 10.9. The van der Waals surface area contributed by atoms with Gasteiger partial charge in [0.15, 0.2) is 0 Å². The Morgan fingerprint density at radius 2 is 2.22 bits per heavy atom. The van der Waals surface area contributed by atoms with E-state index < -0.39 is 0 Å². The molecule has 18 heavy (non-hydrogen) atoms. The van der Waals surface area contributed by atoms with Crippen LogP contribution in [0.25, 0.3) is 0 Å². The first-order valence-electron chi connectivity index (χ1n) is 6.81. The number of nitriles is 1. The number of rotatable bonds is 4. The largest absolute Gasteiger partial charge is 0.198 e. The Labute approximate surface area is 122 Å². The molecule has 1 heterocycles. The molecular formula is C15H20BrNS. The first kappa shape index (κ1) is 14.1. The fourth-order valence-corrected chi connectivity index (χ4v) is 4.63. The molecule has 0 aromatic carbocycles. The van der Waals surface area contributed by atoms with Crippen molar-refractivity contribution in [2.45, 2.75) is 51.9 Å². The molecule has 0 bridgehead atoms. The lowest BCUT2D eigenvalue weighted by atomic mass is 9.68. The summed E-state index contributed by atoms with van der Waals surface area (Å²) in [7, 11) is 0. The minimum Gasteiger partial charge on any atom is -0.198 e. The van der Waals surface area contributed by atoms with E-state index in [0.29, 0.717) is 0 Å². The van der Waals surface area contributed by atoms with Gasteiger partial charge < -0.3 is 0 Å². The lowest BCUT2D eigenvalue weighted by Crippen LogP contribution is -2.28. The van der Waals surface area contributed by atoms with Crippen LogP contribution in [0.3, 0.4) is 0 Å². The molecule has 0 unspecified atom stereocenters. The standard InChI is InChI=1S/C15H20BrNS/c1-2-3-12-4-6-15(11-17,7-5-12)9-14-8-13(16)10-18-14/h8,10,12H,2-7,9H2,1H3. The number of thiophene rings is 1. The average molecular weight is 326 g/mol. The van der Waals surface area contributed by atoms with Crippen LogP contribution >= 0.6 is 27.3 Å². The Hall–Kier alpha value is -0.330. The van der Waals surface area contributed by atoms with Gasteiger partial charge in [-0.2, -0.15) is 5.26 Å². The molecule has 0 saturated heterocycles. The maximum absolute atomic E-state index is 9.57. The predicted molar refractivity (Wildman–Crippen MR) is 80.6 cm³/mol. The first-order chi connectivity index (χ1) is 8.67. The van der Waals surface area contributed by atoms with Gasteiger partial charge in [-0.15, -0.1) is 11.3 Å². The molecule has 1 aliphatic carbocycles. The Bertz CT molecular complexity index is 424. The van der Waals surface area contributed by atoms with E-state index in [1.165, 1.54) is 30.6 Å². The zero-order valence-corrected chi connectivity index (χ0v) is 13.3. The van der Waals surface area contributed by atoms with Crippen LogP contribution in [0.2, 0.25) is 0 Å². The summed E-state index contributed by atoms with van der Waals surface area (Å²) in [4.78, 5) is 1.34. The second-order valence-electron chi connectivity index (χ2n) is 5.53. The fraction of sp³-hybridized carbons (Fsp3) is 0.667. The van der Waals surface area contributed by atoms with Gasteiger partial charge in [-0.3, -0.25) is 0 Å². The van der Waals surface area contributed by atoms with Gasteiger partial charge in [0.05, 0.1) is 11.5 Å². The molecular weight excluding hydrogens is 306 g/mol. The molecule has 3 heteroatoms. The molecule has 0 N–H and O–H groups in total. The van der Waals surface area contributed by atoms with Crippen LogP contribution in [0.15, 0.2) is 15.9 Å². The molecule has 0 spiro atoms. The summed E-state index contributed by atoms with van der Waals surface area (Å²) in [6.45, 7) is 2.26. The molecule has 1 nitrogen and oxygen atoms in total. The van der Waals surface area contributed by atoms with E-state index in [0.717, 1.165) is 29.7 Å². The Morgan fingerprint density at radius 1 is 1.50 bits per heavy atom. The van der Waals surface area contributed by atoms with Crippen molar-refractivity contribution in [3.63, 3.8) is 0 Å². The van der Waals surface area contributed by atoms with E-state index in [2.05, 4.69) is 40.4 Å². The maximum Gasteiger partial charge on any atom is 0.0693 e. The SMILES string of the molecule is CCCC1CCC(C#N)(Cc2cc(Br)cs2)CC1. The van der Waals surface area contributed by atoms with E-state index in [1.807, 2.05) is 0 Å². The van der Waals surface area contributed by atoms with Crippen LogP contribution in [0, 0.1) is 22.7 Å². The third kappa shape index (κ3) is 3.36. The molecule has 2 rings (SSSR count). The van der Waals surface area contributed by atoms with E-state index in [9.17, 15) is 5.26 Å². The van der Waals surface area contributed by atoms with E-state index >= 15 is 0 Å². The summed E-state index contributed by atoms with van der Waals surface area (Å²) in [6.07, 6.45) is 8.22. The van der Waals surface area contributed by atoms with Crippen LogP contribution in [-0.4, -0.2) is 0 Å². The second kappa shape index (κ2) is 6.21. The van der Waals surface area contributed by atoms with Crippen molar-refractivity contribution in [1.82, 2.24) is 0 Å². The minimum atomic E-state index is -0.0888. The van der Waals surface area contributed by atoms with Crippen molar-refractivity contribution in [1.29, 1.82) is 5.26 Å². The smallest absolute Gasteiger partial charge is 0.0693 e. The molecule has 1 aromatic rings. The van der Waals surface area contributed by atoms with Gasteiger partial charge in [-0.1, -0.05) is 19.8 Å². The highest BCUT2D eigenvalue weighted by molar-refractivity contribution is 9.10. The average Bonchev–Trinajstić information content (AvgIpc) is 2.78. The third-order valence-corrected chi connectivity index (χ3v) is 5.83. The van der Waals surface area contributed by atoms with Crippen molar-refractivity contribution in [2.24, 2.45) is 11.3 Å². The van der Waals surface area contributed by atoms with Crippen LogP contribution in [0.1, 0.15) is 50.3 Å². The minimum absolute atomic E-state index is 0.0888. The molecule has 1 saturated carbocycles. The number of hydrogen-bond donors (Lipinski definition) is 0. The lowest BCUT2D eigenvalue weighted by Gasteiger charge is -2.34. The molecule has 1 fully saturated rings. The molecule has 1 aromatic heterocycles. The maximum atomic E-state index is 9.57. The predicted octanol–water partition coefficient (Wildman–Crippen LogP) is 5.55. The number of halogens is 1. The Kier molecular flexibility index (Phi) is 4.86. The molecule has 1 aliphatic rings. The topological polar surface area (TPSA) is 23.8 Å². The summed E-state index contributed by atoms with van der Waals surface area (Å²) in [6, 6.07) is 4.80.